The van der Waals surface area contributed by atoms with E-state index in [0.29, 0.717) is 29.1 Å². The number of carbonyl (C=O) groups excluding carboxylic acids is 2. The van der Waals surface area contributed by atoms with Gasteiger partial charge in [0.1, 0.15) is 10.7 Å². The van der Waals surface area contributed by atoms with Crippen molar-refractivity contribution in [3.63, 3.8) is 0 Å². The summed E-state index contributed by atoms with van der Waals surface area (Å²) in [5.41, 5.74) is 2.40. The fourth-order valence-corrected chi connectivity index (χ4v) is 5.73. The number of aromatic nitrogens is 2. The van der Waals surface area contributed by atoms with Crippen LogP contribution >= 0.6 is 23.1 Å². The summed E-state index contributed by atoms with van der Waals surface area (Å²) in [4.78, 5) is 48.8. The van der Waals surface area contributed by atoms with Crippen LogP contribution in [-0.4, -0.2) is 45.0 Å². The number of aryl methyl sites for hydroxylation is 2. The van der Waals surface area contributed by atoms with Gasteiger partial charge < -0.3 is 15.2 Å². The average Bonchev–Trinajstić information content (AvgIpc) is 3.44. The number of nitrogens with zero attached hydrogens (tertiary/aromatic N) is 2. The Morgan fingerprint density at radius 3 is 2.79 bits per heavy atom. The van der Waals surface area contributed by atoms with Crippen molar-refractivity contribution in [2.24, 2.45) is 0 Å². The maximum atomic E-state index is 12.6. The van der Waals surface area contributed by atoms with Gasteiger partial charge in [0.15, 0.2) is 0 Å². The van der Waals surface area contributed by atoms with Crippen LogP contribution < -0.4 is 10.9 Å². The van der Waals surface area contributed by atoms with E-state index in [1.807, 2.05) is 49.9 Å². The van der Waals surface area contributed by atoms with Crippen molar-refractivity contribution < 1.29 is 9.59 Å². The Labute approximate surface area is 201 Å². The van der Waals surface area contributed by atoms with Crippen LogP contribution in [0.4, 0.5) is 0 Å². The van der Waals surface area contributed by atoms with Crippen molar-refractivity contribution in [1.82, 2.24) is 20.2 Å². The first-order chi connectivity index (χ1) is 15.8. The van der Waals surface area contributed by atoms with E-state index < -0.39 is 0 Å². The molecule has 7 nitrogen and oxygen atoms in total. The first-order valence-corrected chi connectivity index (χ1v) is 13.0. The molecule has 4 rings (SSSR count). The van der Waals surface area contributed by atoms with E-state index in [4.69, 9.17) is 0 Å². The highest BCUT2D eigenvalue weighted by atomic mass is 32.2. The summed E-state index contributed by atoms with van der Waals surface area (Å²) >= 11 is 2.94. The summed E-state index contributed by atoms with van der Waals surface area (Å²) in [6.45, 7) is 7.74. The number of hydrogen-bond donors (Lipinski definition) is 2. The van der Waals surface area contributed by atoms with E-state index in [2.05, 4.69) is 15.3 Å². The molecule has 0 bridgehead atoms. The fourth-order valence-electron chi connectivity index (χ4n) is 3.90. The number of hydrogen-bond acceptors (Lipinski definition) is 6. The summed E-state index contributed by atoms with van der Waals surface area (Å²) in [5, 5.41) is 3.29. The molecule has 0 saturated carbocycles. The minimum absolute atomic E-state index is 0.0548. The maximum Gasteiger partial charge on any atom is 0.259 e. The third kappa shape index (κ3) is 5.30. The summed E-state index contributed by atoms with van der Waals surface area (Å²) in [5.74, 6) is 0.975. The van der Waals surface area contributed by atoms with E-state index in [1.54, 1.807) is 0 Å². The van der Waals surface area contributed by atoms with Crippen LogP contribution in [0.2, 0.25) is 0 Å². The molecule has 1 aliphatic heterocycles. The van der Waals surface area contributed by atoms with Gasteiger partial charge in [-0.3, -0.25) is 14.4 Å². The number of fused-ring (bicyclic) bond motifs is 1. The quantitative estimate of drug-likeness (QED) is 0.532. The van der Waals surface area contributed by atoms with Crippen molar-refractivity contribution in [2.45, 2.75) is 51.2 Å². The van der Waals surface area contributed by atoms with Crippen LogP contribution in [0.5, 0.6) is 0 Å². The number of nitrogens with one attached hydrogen (secondary N) is 2. The molecule has 1 saturated heterocycles. The predicted octanol–water partition coefficient (Wildman–Crippen LogP) is 3.78. The number of thiophene rings is 1. The first-order valence-electron chi connectivity index (χ1n) is 11.1. The Hall–Kier alpha value is -2.65. The average molecular weight is 485 g/mol. The van der Waals surface area contributed by atoms with Crippen LogP contribution in [0.1, 0.15) is 52.0 Å². The van der Waals surface area contributed by atoms with Crippen molar-refractivity contribution in [3.8, 4) is 0 Å². The molecule has 0 radical (unpaired) electrons. The second-order valence-electron chi connectivity index (χ2n) is 8.35. The van der Waals surface area contributed by atoms with Gasteiger partial charge in [-0.2, -0.15) is 0 Å². The minimum Gasteiger partial charge on any atom is -0.351 e. The van der Waals surface area contributed by atoms with Crippen LogP contribution in [-0.2, 0) is 17.1 Å². The van der Waals surface area contributed by atoms with Gasteiger partial charge in [0.2, 0.25) is 5.91 Å². The van der Waals surface area contributed by atoms with Gasteiger partial charge in [-0.05, 0) is 56.9 Å². The smallest absolute Gasteiger partial charge is 0.259 e. The molecule has 3 aromatic rings. The third-order valence-corrected chi connectivity index (χ3v) is 8.22. The molecule has 0 spiro atoms. The molecule has 2 aromatic heterocycles. The number of aromatic amines is 1. The van der Waals surface area contributed by atoms with E-state index in [9.17, 15) is 14.4 Å². The zero-order chi connectivity index (χ0) is 23.5. The number of carbonyl (C=O) groups is 2. The van der Waals surface area contributed by atoms with Gasteiger partial charge >= 0.3 is 0 Å². The normalized spacial score (nSPS) is 14.6. The molecule has 1 aliphatic rings. The SMILES string of the molecule is Cc1sc2nc(CSC(C)C(=O)NCc3cccc(C(=O)N4CCCC4)c3)[nH]c(=O)c2c1C. The fraction of sp³-hybridized carbons (Fsp3) is 0.417. The molecule has 2 amide bonds. The summed E-state index contributed by atoms with van der Waals surface area (Å²) < 4.78 is 0. The van der Waals surface area contributed by atoms with Crippen LogP contribution in [0, 0.1) is 13.8 Å². The van der Waals surface area contributed by atoms with Crippen molar-refractivity contribution in [1.29, 1.82) is 0 Å². The molecule has 174 valence electrons. The second kappa shape index (κ2) is 10.1. The summed E-state index contributed by atoms with van der Waals surface area (Å²) in [7, 11) is 0. The van der Waals surface area contributed by atoms with Gasteiger partial charge in [0, 0.05) is 30.1 Å². The zero-order valence-corrected chi connectivity index (χ0v) is 20.7. The number of amides is 2. The number of benzene rings is 1. The van der Waals surface area contributed by atoms with Crippen LogP contribution in [0.25, 0.3) is 10.2 Å². The largest absolute Gasteiger partial charge is 0.351 e. The highest BCUT2D eigenvalue weighted by molar-refractivity contribution is 7.99. The molecule has 1 fully saturated rings. The van der Waals surface area contributed by atoms with Gasteiger partial charge in [-0.15, -0.1) is 23.1 Å². The lowest BCUT2D eigenvalue weighted by molar-refractivity contribution is -0.120. The maximum absolute atomic E-state index is 12.6. The lowest BCUT2D eigenvalue weighted by Gasteiger charge is -2.16. The Morgan fingerprint density at radius 2 is 2.03 bits per heavy atom. The van der Waals surface area contributed by atoms with Gasteiger partial charge in [-0.25, -0.2) is 4.98 Å². The molecule has 0 aliphatic carbocycles. The number of likely N-dealkylation sites (tertiary alicyclic amines) is 1. The van der Waals surface area contributed by atoms with Crippen LogP contribution in [0.3, 0.4) is 0 Å². The summed E-state index contributed by atoms with van der Waals surface area (Å²) in [6.07, 6.45) is 2.11. The minimum atomic E-state index is -0.313. The standard InChI is InChI=1S/C24H28N4O3S2/c1-14-15(2)33-23-20(14)22(30)26-19(27-23)13-32-16(3)21(29)25-12-17-7-6-8-18(11-17)24(31)28-9-4-5-10-28/h6-8,11,16H,4-5,9-10,12-13H2,1-3H3,(H,25,29)(H,26,27,30). The zero-order valence-electron chi connectivity index (χ0n) is 19.1. The van der Waals surface area contributed by atoms with Crippen molar-refractivity contribution in [2.75, 3.05) is 13.1 Å². The Morgan fingerprint density at radius 1 is 1.27 bits per heavy atom. The molecule has 1 atom stereocenters. The lowest BCUT2D eigenvalue weighted by atomic mass is 10.1. The predicted molar refractivity (Wildman–Crippen MR) is 134 cm³/mol. The van der Waals surface area contributed by atoms with Crippen LogP contribution in [0.15, 0.2) is 29.1 Å². The van der Waals surface area contributed by atoms with Crippen molar-refractivity contribution in [3.05, 3.63) is 62.0 Å². The van der Waals surface area contributed by atoms with Gasteiger partial charge in [0.05, 0.1) is 16.4 Å². The van der Waals surface area contributed by atoms with Crippen molar-refractivity contribution >= 4 is 45.1 Å². The molecular weight excluding hydrogens is 456 g/mol. The molecule has 33 heavy (non-hydrogen) atoms. The first kappa shape index (κ1) is 23.5. The molecular formula is C24H28N4O3S2. The molecule has 9 heteroatoms. The Kier molecular flexibility index (Phi) is 7.19. The molecule has 2 N–H and O–H groups in total. The van der Waals surface area contributed by atoms with E-state index in [-0.39, 0.29) is 22.6 Å². The Balaban J connectivity index is 1.32. The number of thioether (sulfide) groups is 1. The van der Waals surface area contributed by atoms with E-state index in [1.165, 1.54) is 23.1 Å². The highest BCUT2D eigenvalue weighted by Gasteiger charge is 2.20. The van der Waals surface area contributed by atoms with Gasteiger partial charge in [0.25, 0.3) is 11.5 Å². The summed E-state index contributed by atoms with van der Waals surface area (Å²) in [6, 6.07) is 7.45. The molecule has 1 unspecified atom stereocenters. The van der Waals surface area contributed by atoms with E-state index >= 15 is 0 Å². The monoisotopic (exact) mass is 484 g/mol. The molecule has 3 heterocycles. The number of rotatable bonds is 7. The topological polar surface area (TPSA) is 95.2 Å². The van der Waals surface area contributed by atoms with E-state index in [0.717, 1.165) is 46.8 Å². The second-order valence-corrected chi connectivity index (χ2v) is 10.9. The highest BCUT2D eigenvalue weighted by Crippen LogP contribution is 2.26. The lowest BCUT2D eigenvalue weighted by Crippen LogP contribution is -2.31. The van der Waals surface area contributed by atoms with Gasteiger partial charge in [-0.1, -0.05) is 12.1 Å². The number of H-pyrrole nitrogens is 1. The molecule has 1 aromatic carbocycles. The Bertz CT molecular complexity index is 1240. The third-order valence-electron chi connectivity index (χ3n) is 5.96.